The number of benzene rings is 1. The molecule has 0 N–H and O–H groups in total. The van der Waals surface area contributed by atoms with Crippen molar-refractivity contribution in [2.75, 3.05) is 0 Å². The van der Waals surface area contributed by atoms with E-state index >= 15 is 0 Å². The highest BCUT2D eigenvalue weighted by molar-refractivity contribution is 7.96. The lowest BCUT2D eigenvalue weighted by atomic mass is 9.95. The number of ketones is 2. The molecule has 5 heteroatoms. The summed E-state index contributed by atoms with van der Waals surface area (Å²) in [6.07, 6.45) is 0.931. The Kier molecular flexibility index (Phi) is 2.94. The molecule has 1 aliphatic rings. The van der Waals surface area contributed by atoms with E-state index in [4.69, 9.17) is 0 Å². The Hall–Kier alpha value is -1.75. The van der Waals surface area contributed by atoms with Crippen molar-refractivity contribution < 1.29 is 18.0 Å². The van der Waals surface area contributed by atoms with Gasteiger partial charge in [-0.05, 0) is 13.8 Å². The molecule has 18 heavy (non-hydrogen) atoms. The van der Waals surface area contributed by atoms with Crippen molar-refractivity contribution in [1.82, 2.24) is 0 Å². The first-order chi connectivity index (χ1) is 8.35. The zero-order valence-electron chi connectivity index (χ0n) is 10.0. The van der Waals surface area contributed by atoms with E-state index in [0.717, 1.165) is 6.08 Å². The molecule has 0 aliphatic heterocycles. The Morgan fingerprint density at radius 1 is 1.00 bits per heavy atom. The molecule has 0 atom stereocenters. The molecule has 0 aromatic heterocycles. The average Bonchev–Trinajstić information content (AvgIpc) is 2.33. The second kappa shape index (κ2) is 4.17. The lowest BCUT2D eigenvalue weighted by Gasteiger charge is -2.16. The van der Waals surface area contributed by atoms with E-state index in [0.29, 0.717) is 0 Å². The van der Waals surface area contributed by atoms with Crippen LogP contribution in [0.4, 0.5) is 0 Å². The fraction of sp³-hybridized carbons (Fsp3) is 0.231. The second-order valence-electron chi connectivity index (χ2n) is 4.34. The summed E-state index contributed by atoms with van der Waals surface area (Å²) >= 11 is 0. The Morgan fingerprint density at radius 3 is 2.11 bits per heavy atom. The van der Waals surface area contributed by atoms with Crippen LogP contribution >= 0.6 is 0 Å². The minimum Gasteiger partial charge on any atom is -0.289 e. The van der Waals surface area contributed by atoms with E-state index in [2.05, 4.69) is 0 Å². The number of hydrogen-bond donors (Lipinski definition) is 0. The predicted octanol–water partition coefficient (Wildman–Crippen LogP) is 1.77. The molecule has 0 radical (unpaired) electrons. The topological polar surface area (TPSA) is 68.3 Å². The van der Waals surface area contributed by atoms with Gasteiger partial charge in [0.1, 0.15) is 4.91 Å². The maximum Gasteiger partial charge on any atom is 0.205 e. The van der Waals surface area contributed by atoms with Gasteiger partial charge in [-0.1, -0.05) is 24.3 Å². The molecule has 0 heterocycles. The standard InChI is InChI=1S/C13H12O4S/c1-8(2)18(16,17)12-7-11(14)9-5-3-4-6-10(9)13(12)15/h3-8H,1-2H3. The van der Waals surface area contributed by atoms with Crippen LogP contribution in [0.2, 0.25) is 0 Å². The fourth-order valence-electron chi connectivity index (χ4n) is 1.76. The van der Waals surface area contributed by atoms with Gasteiger partial charge < -0.3 is 0 Å². The van der Waals surface area contributed by atoms with Crippen LogP contribution in [0, 0.1) is 0 Å². The Morgan fingerprint density at radius 2 is 1.56 bits per heavy atom. The van der Waals surface area contributed by atoms with E-state index < -0.39 is 31.6 Å². The number of carbonyl (C=O) groups is 2. The first-order valence-electron chi connectivity index (χ1n) is 5.49. The molecule has 1 aromatic carbocycles. The second-order valence-corrected chi connectivity index (χ2v) is 6.81. The van der Waals surface area contributed by atoms with Crippen molar-refractivity contribution in [3.63, 3.8) is 0 Å². The summed E-state index contributed by atoms with van der Waals surface area (Å²) in [4.78, 5) is 23.5. The van der Waals surface area contributed by atoms with Gasteiger partial charge in [0.05, 0.1) is 5.25 Å². The lowest BCUT2D eigenvalue weighted by molar-refractivity contribution is 0.0990. The van der Waals surface area contributed by atoms with E-state index in [1.165, 1.54) is 26.0 Å². The number of fused-ring (bicyclic) bond motifs is 1. The Labute approximate surface area is 105 Å². The van der Waals surface area contributed by atoms with Gasteiger partial charge in [-0.15, -0.1) is 0 Å². The lowest BCUT2D eigenvalue weighted by Crippen LogP contribution is -2.26. The van der Waals surface area contributed by atoms with Gasteiger partial charge in [-0.3, -0.25) is 9.59 Å². The van der Waals surface area contributed by atoms with Crippen LogP contribution in [0.15, 0.2) is 35.2 Å². The third-order valence-electron chi connectivity index (χ3n) is 2.85. The van der Waals surface area contributed by atoms with Crippen LogP contribution < -0.4 is 0 Å². The summed E-state index contributed by atoms with van der Waals surface area (Å²) in [5.74, 6) is -1.04. The fourth-order valence-corrected chi connectivity index (χ4v) is 2.90. The normalized spacial score (nSPS) is 15.6. The van der Waals surface area contributed by atoms with Gasteiger partial charge in [0.2, 0.25) is 5.78 Å². The van der Waals surface area contributed by atoms with Crippen molar-refractivity contribution in [1.29, 1.82) is 0 Å². The highest BCUT2D eigenvalue weighted by Crippen LogP contribution is 2.26. The third-order valence-corrected chi connectivity index (χ3v) is 5.01. The van der Waals surface area contributed by atoms with Gasteiger partial charge >= 0.3 is 0 Å². The molecule has 2 rings (SSSR count). The molecule has 0 unspecified atom stereocenters. The number of sulfone groups is 1. The van der Waals surface area contributed by atoms with Crippen LogP contribution in [0.5, 0.6) is 0 Å². The van der Waals surface area contributed by atoms with Gasteiger partial charge in [-0.2, -0.15) is 0 Å². The zero-order chi connectivity index (χ0) is 13.5. The number of Topliss-reactive ketones (excluding diaryl/α,β-unsaturated/α-hetero) is 1. The van der Waals surface area contributed by atoms with Gasteiger partial charge in [0, 0.05) is 17.2 Å². The maximum atomic E-state index is 12.1. The molecule has 0 saturated carbocycles. The van der Waals surface area contributed by atoms with Crippen LogP contribution in [0.25, 0.3) is 0 Å². The Bertz CT molecular complexity index is 666. The number of hydrogen-bond acceptors (Lipinski definition) is 4. The van der Waals surface area contributed by atoms with Crippen molar-refractivity contribution in [2.24, 2.45) is 0 Å². The summed E-state index contributed by atoms with van der Waals surface area (Å²) in [6.45, 7) is 2.96. The molecule has 1 aliphatic carbocycles. The minimum absolute atomic E-state index is 0.157. The Balaban J connectivity index is 2.64. The van der Waals surface area contributed by atoms with Crippen molar-refractivity contribution in [3.05, 3.63) is 46.4 Å². The van der Waals surface area contributed by atoms with Crippen LogP contribution in [-0.4, -0.2) is 25.2 Å². The zero-order valence-corrected chi connectivity index (χ0v) is 10.8. The molecule has 1 aromatic rings. The first-order valence-corrected chi connectivity index (χ1v) is 7.04. The quantitative estimate of drug-likeness (QED) is 0.816. The number of allylic oxidation sites excluding steroid dienone is 2. The molecule has 0 spiro atoms. The van der Waals surface area contributed by atoms with Crippen molar-refractivity contribution >= 4 is 21.4 Å². The molecule has 4 nitrogen and oxygen atoms in total. The molecule has 0 fully saturated rings. The third kappa shape index (κ3) is 1.80. The van der Waals surface area contributed by atoms with E-state index in [-0.39, 0.29) is 11.1 Å². The maximum absolute atomic E-state index is 12.1. The van der Waals surface area contributed by atoms with Crippen molar-refractivity contribution in [3.8, 4) is 0 Å². The van der Waals surface area contributed by atoms with Gasteiger partial charge in [0.25, 0.3) is 0 Å². The van der Waals surface area contributed by atoms with Crippen LogP contribution in [0.3, 0.4) is 0 Å². The summed E-state index contributed by atoms with van der Waals surface area (Å²) in [5.41, 5.74) is 0.412. The summed E-state index contributed by atoms with van der Waals surface area (Å²) in [7, 11) is -3.73. The molecule has 0 amide bonds. The van der Waals surface area contributed by atoms with E-state index in [9.17, 15) is 18.0 Å². The average molecular weight is 264 g/mol. The minimum atomic E-state index is -3.73. The van der Waals surface area contributed by atoms with Crippen molar-refractivity contribution in [2.45, 2.75) is 19.1 Å². The van der Waals surface area contributed by atoms with E-state index in [1.807, 2.05) is 0 Å². The predicted molar refractivity (Wildman–Crippen MR) is 67.2 cm³/mol. The molecule has 0 bridgehead atoms. The number of rotatable bonds is 2. The van der Waals surface area contributed by atoms with Gasteiger partial charge in [-0.25, -0.2) is 8.42 Å². The molecule has 0 saturated heterocycles. The van der Waals surface area contributed by atoms with Gasteiger partial charge in [0.15, 0.2) is 15.6 Å². The monoisotopic (exact) mass is 264 g/mol. The molecule has 94 valence electrons. The largest absolute Gasteiger partial charge is 0.289 e. The first kappa shape index (κ1) is 12.7. The van der Waals surface area contributed by atoms with Crippen LogP contribution in [0.1, 0.15) is 34.6 Å². The summed E-state index contributed by atoms with van der Waals surface area (Å²) in [5, 5.41) is -0.731. The number of carbonyl (C=O) groups excluding carboxylic acids is 2. The summed E-state index contributed by atoms with van der Waals surface area (Å²) in [6, 6.07) is 6.23. The van der Waals surface area contributed by atoms with E-state index in [1.54, 1.807) is 12.1 Å². The smallest absolute Gasteiger partial charge is 0.205 e. The summed E-state index contributed by atoms with van der Waals surface area (Å²) < 4.78 is 24.0. The highest BCUT2D eigenvalue weighted by Gasteiger charge is 2.34. The SMILES string of the molecule is CC(C)S(=O)(=O)C1=CC(=O)c2ccccc2C1=O. The molecular weight excluding hydrogens is 252 g/mol. The van der Waals surface area contributed by atoms with Crippen LogP contribution in [-0.2, 0) is 9.84 Å². The highest BCUT2D eigenvalue weighted by atomic mass is 32.2. The molecular formula is C13H12O4S.